The molecule has 0 atom stereocenters. The van der Waals surface area contributed by atoms with Crippen molar-refractivity contribution in [2.75, 3.05) is 24.4 Å². The first kappa shape index (κ1) is 23.4. The molecule has 3 aromatic carbocycles. The highest BCUT2D eigenvalue weighted by molar-refractivity contribution is 5.97. The molecule has 0 aliphatic carbocycles. The van der Waals surface area contributed by atoms with E-state index in [0.29, 0.717) is 5.69 Å². The maximum absolute atomic E-state index is 12.3. The predicted molar refractivity (Wildman–Crippen MR) is 133 cm³/mol. The van der Waals surface area contributed by atoms with Gasteiger partial charge in [0.2, 0.25) is 11.6 Å². The van der Waals surface area contributed by atoms with Gasteiger partial charge in [-0.3, -0.25) is 10.1 Å². The van der Waals surface area contributed by atoms with Crippen molar-refractivity contribution in [1.82, 2.24) is 9.97 Å². The number of aromatic nitrogens is 2. The number of carbonyl (C=O) groups excluding carboxylic acids is 1. The normalized spacial score (nSPS) is 10.6. The summed E-state index contributed by atoms with van der Waals surface area (Å²) in [5.74, 6) is -0.473. The Morgan fingerprint density at radius 1 is 0.943 bits per heavy atom. The van der Waals surface area contributed by atoms with Crippen molar-refractivity contribution in [3.8, 4) is 0 Å². The lowest BCUT2D eigenvalue weighted by Gasteiger charge is -2.23. The Labute approximate surface area is 202 Å². The van der Waals surface area contributed by atoms with Crippen LogP contribution in [0.25, 0.3) is 0 Å². The summed E-state index contributed by atoms with van der Waals surface area (Å²) in [6.45, 7) is 0. The molecule has 0 bridgehead atoms. The maximum Gasteiger partial charge on any atom is 0.353 e. The molecule has 4 aromatic rings. The summed E-state index contributed by atoms with van der Waals surface area (Å²) in [4.78, 5) is 33.9. The minimum atomic E-state index is -0.560. The van der Waals surface area contributed by atoms with Gasteiger partial charge in [0.05, 0.1) is 29.3 Å². The van der Waals surface area contributed by atoms with E-state index in [4.69, 9.17) is 4.74 Å². The van der Waals surface area contributed by atoms with Gasteiger partial charge in [-0.1, -0.05) is 72.8 Å². The van der Waals surface area contributed by atoms with Crippen LogP contribution in [0.15, 0.2) is 91.3 Å². The zero-order chi connectivity index (χ0) is 24.8. The van der Waals surface area contributed by atoms with Crippen LogP contribution in [-0.2, 0) is 4.74 Å². The SMILES string of the molecule is COC(=O)c1ccccc1N(C)c1ncnc(NC(c2ccccc2)c2ccccc2)c1[N+](=O)[O-]. The highest BCUT2D eigenvalue weighted by Crippen LogP contribution is 2.38. The summed E-state index contributed by atoms with van der Waals surface area (Å²) >= 11 is 0. The Morgan fingerprint density at radius 2 is 1.51 bits per heavy atom. The van der Waals surface area contributed by atoms with E-state index in [1.807, 2.05) is 60.7 Å². The van der Waals surface area contributed by atoms with Crippen LogP contribution in [-0.4, -0.2) is 35.0 Å². The van der Waals surface area contributed by atoms with E-state index in [1.54, 1.807) is 31.3 Å². The van der Waals surface area contributed by atoms with Crippen LogP contribution < -0.4 is 10.2 Å². The fourth-order valence-corrected chi connectivity index (χ4v) is 3.84. The first-order valence-electron chi connectivity index (χ1n) is 10.8. The number of hydrogen-bond donors (Lipinski definition) is 1. The Bertz CT molecular complexity index is 1290. The molecule has 9 nitrogen and oxygen atoms in total. The number of para-hydroxylation sites is 1. The zero-order valence-electron chi connectivity index (χ0n) is 19.2. The number of ether oxygens (including phenoxy) is 1. The van der Waals surface area contributed by atoms with Gasteiger partial charge in [-0.05, 0) is 23.3 Å². The van der Waals surface area contributed by atoms with Crippen LogP contribution in [0.1, 0.15) is 27.5 Å². The zero-order valence-corrected chi connectivity index (χ0v) is 19.2. The molecule has 0 saturated heterocycles. The smallest absolute Gasteiger partial charge is 0.353 e. The van der Waals surface area contributed by atoms with E-state index in [-0.39, 0.29) is 22.9 Å². The molecule has 9 heteroatoms. The van der Waals surface area contributed by atoms with E-state index >= 15 is 0 Å². The molecule has 176 valence electrons. The molecule has 35 heavy (non-hydrogen) atoms. The first-order chi connectivity index (χ1) is 17.0. The summed E-state index contributed by atoms with van der Waals surface area (Å²) in [6, 6.07) is 25.5. The van der Waals surface area contributed by atoms with Crippen molar-refractivity contribution >= 4 is 29.0 Å². The Balaban J connectivity index is 1.81. The van der Waals surface area contributed by atoms with Crippen molar-refractivity contribution in [3.05, 3.63) is 118 Å². The second-order valence-electron chi connectivity index (χ2n) is 7.62. The monoisotopic (exact) mass is 469 g/mol. The lowest BCUT2D eigenvalue weighted by atomic mass is 9.98. The number of nitrogens with zero attached hydrogens (tertiary/aromatic N) is 4. The minimum Gasteiger partial charge on any atom is -0.465 e. The molecule has 0 amide bonds. The number of benzene rings is 3. The van der Waals surface area contributed by atoms with Gasteiger partial charge in [-0.25, -0.2) is 14.8 Å². The number of esters is 1. The quantitative estimate of drug-likeness (QED) is 0.215. The van der Waals surface area contributed by atoms with Gasteiger partial charge < -0.3 is 15.0 Å². The van der Waals surface area contributed by atoms with E-state index in [9.17, 15) is 14.9 Å². The van der Waals surface area contributed by atoms with Gasteiger partial charge in [0.1, 0.15) is 6.33 Å². The molecule has 0 saturated carbocycles. The van der Waals surface area contributed by atoms with Crippen molar-refractivity contribution in [1.29, 1.82) is 0 Å². The average Bonchev–Trinajstić information content (AvgIpc) is 2.91. The maximum atomic E-state index is 12.3. The van der Waals surface area contributed by atoms with Crippen molar-refractivity contribution in [2.45, 2.75) is 6.04 Å². The van der Waals surface area contributed by atoms with Crippen LogP contribution in [0.2, 0.25) is 0 Å². The lowest BCUT2D eigenvalue weighted by Crippen LogP contribution is -2.20. The molecule has 0 fully saturated rings. The minimum absolute atomic E-state index is 0.0312. The third-order valence-electron chi connectivity index (χ3n) is 5.52. The Hall–Kier alpha value is -4.79. The van der Waals surface area contributed by atoms with Gasteiger partial charge in [0, 0.05) is 7.05 Å². The third kappa shape index (κ3) is 4.93. The summed E-state index contributed by atoms with van der Waals surface area (Å²) in [5, 5.41) is 15.5. The number of methoxy groups -OCH3 is 1. The van der Waals surface area contributed by atoms with Crippen LogP contribution in [0.3, 0.4) is 0 Å². The van der Waals surface area contributed by atoms with E-state index < -0.39 is 16.9 Å². The molecule has 1 aromatic heterocycles. The molecule has 0 aliphatic heterocycles. The first-order valence-corrected chi connectivity index (χ1v) is 10.8. The number of hydrogen-bond acceptors (Lipinski definition) is 8. The van der Waals surface area contributed by atoms with Crippen LogP contribution in [0.4, 0.5) is 23.0 Å². The predicted octanol–water partition coefficient (Wildman–Crippen LogP) is 5.14. The largest absolute Gasteiger partial charge is 0.465 e. The number of rotatable bonds is 8. The standard InChI is InChI=1S/C26H23N5O4/c1-30(21-16-10-9-15-20(21)26(32)35-2)25-23(31(33)34)24(27-17-28-25)29-22(18-11-5-3-6-12-18)19-13-7-4-8-14-19/h3-17,22H,1-2H3,(H,27,28,29). The molecular formula is C26H23N5O4. The molecule has 4 rings (SSSR count). The second-order valence-corrected chi connectivity index (χ2v) is 7.62. The number of nitro groups is 1. The molecule has 0 spiro atoms. The van der Waals surface area contributed by atoms with Gasteiger partial charge in [0.15, 0.2) is 0 Å². The third-order valence-corrected chi connectivity index (χ3v) is 5.52. The van der Waals surface area contributed by atoms with Crippen LogP contribution in [0.5, 0.6) is 0 Å². The number of anilines is 3. The molecule has 1 N–H and O–H groups in total. The summed E-state index contributed by atoms with van der Waals surface area (Å²) in [5.41, 5.74) is 2.18. The molecule has 0 radical (unpaired) electrons. The van der Waals surface area contributed by atoms with Gasteiger partial charge in [-0.15, -0.1) is 0 Å². The summed E-state index contributed by atoms with van der Waals surface area (Å²) in [7, 11) is 2.88. The van der Waals surface area contributed by atoms with E-state index in [0.717, 1.165) is 11.1 Å². The highest BCUT2D eigenvalue weighted by atomic mass is 16.6. The number of carbonyl (C=O) groups is 1. The summed E-state index contributed by atoms with van der Waals surface area (Å²) in [6.07, 6.45) is 1.26. The molecule has 1 heterocycles. The van der Waals surface area contributed by atoms with Crippen LogP contribution >= 0.6 is 0 Å². The van der Waals surface area contributed by atoms with Gasteiger partial charge >= 0.3 is 11.7 Å². The summed E-state index contributed by atoms with van der Waals surface area (Å²) < 4.78 is 4.87. The fraction of sp³-hybridized carbons (Fsp3) is 0.115. The highest BCUT2D eigenvalue weighted by Gasteiger charge is 2.29. The van der Waals surface area contributed by atoms with Crippen LogP contribution in [0, 0.1) is 10.1 Å². The topological polar surface area (TPSA) is 110 Å². The average molecular weight is 470 g/mol. The molecule has 0 aliphatic rings. The Kier molecular flexibility index (Phi) is 6.96. The van der Waals surface area contributed by atoms with Crippen molar-refractivity contribution < 1.29 is 14.5 Å². The molecule has 0 unspecified atom stereocenters. The fourth-order valence-electron chi connectivity index (χ4n) is 3.84. The number of nitrogens with one attached hydrogen (secondary N) is 1. The lowest BCUT2D eigenvalue weighted by molar-refractivity contribution is -0.383. The Morgan fingerprint density at radius 3 is 2.09 bits per heavy atom. The van der Waals surface area contributed by atoms with Crippen molar-refractivity contribution in [2.24, 2.45) is 0 Å². The van der Waals surface area contributed by atoms with E-state index in [1.165, 1.54) is 18.3 Å². The van der Waals surface area contributed by atoms with Gasteiger partial charge in [0.25, 0.3) is 0 Å². The molecular weight excluding hydrogens is 446 g/mol. The van der Waals surface area contributed by atoms with Crippen molar-refractivity contribution in [3.63, 3.8) is 0 Å². The van der Waals surface area contributed by atoms with Gasteiger partial charge in [-0.2, -0.15) is 0 Å². The second kappa shape index (κ2) is 10.4. The van der Waals surface area contributed by atoms with E-state index in [2.05, 4.69) is 15.3 Å².